The van der Waals surface area contributed by atoms with Crippen LogP contribution in [-0.2, 0) is 20.6 Å². The zero-order chi connectivity index (χ0) is 16.3. The van der Waals surface area contributed by atoms with E-state index in [-0.39, 0.29) is 18.0 Å². The van der Waals surface area contributed by atoms with E-state index >= 15 is 0 Å². The highest BCUT2D eigenvalue weighted by Gasteiger charge is 2.32. The quantitative estimate of drug-likeness (QED) is 0.641. The van der Waals surface area contributed by atoms with Crippen molar-refractivity contribution in [3.8, 4) is 0 Å². The number of hydrogen-bond acceptors (Lipinski definition) is 5. The lowest BCUT2D eigenvalue weighted by Gasteiger charge is -2.29. The second-order valence-electron chi connectivity index (χ2n) is 5.22. The van der Waals surface area contributed by atoms with E-state index in [1.807, 2.05) is 0 Å². The highest BCUT2D eigenvalue weighted by atomic mass is 32.2. The maximum atomic E-state index is 12.3. The number of benzene rings is 1. The summed E-state index contributed by atoms with van der Waals surface area (Å²) >= 11 is 0. The average Bonchev–Trinajstić information content (AvgIpc) is 2.47. The number of rotatable bonds is 5. The summed E-state index contributed by atoms with van der Waals surface area (Å²) in [5, 5.41) is 19.6. The van der Waals surface area contributed by atoms with Crippen LogP contribution in [0.3, 0.4) is 0 Å². The first-order valence-electron chi connectivity index (χ1n) is 6.73. The molecule has 0 bridgehead atoms. The van der Waals surface area contributed by atoms with Crippen molar-refractivity contribution in [1.29, 1.82) is 0 Å². The number of aliphatic carboxylic acids is 1. The molecule has 1 fully saturated rings. The summed E-state index contributed by atoms with van der Waals surface area (Å²) in [6.45, 7) is 0.281. The molecule has 0 radical (unpaired) electrons. The Balaban J connectivity index is 2.10. The van der Waals surface area contributed by atoms with Gasteiger partial charge in [-0.15, -0.1) is 0 Å². The number of non-ortho nitro benzene ring substituents is 1. The van der Waals surface area contributed by atoms with Gasteiger partial charge in [-0.1, -0.05) is 12.1 Å². The molecule has 1 N–H and O–H groups in total. The van der Waals surface area contributed by atoms with E-state index in [4.69, 9.17) is 5.11 Å². The molecule has 1 aliphatic rings. The molecule has 8 nitrogen and oxygen atoms in total. The Morgan fingerprint density at radius 2 is 2.00 bits per heavy atom. The van der Waals surface area contributed by atoms with Gasteiger partial charge in [0.25, 0.3) is 5.69 Å². The molecule has 1 heterocycles. The highest BCUT2D eigenvalue weighted by molar-refractivity contribution is 7.88. The van der Waals surface area contributed by atoms with E-state index in [0.29, 0.717) is 24.9 Å². The third kappa shape index (κ3) is 3.80. The zero-order valence-corrected chi connectivity index (χ0v) is 12.5. The molecule has 1 aromatic carbocycles. The van der Waals surface area contributed by atoms with Gasteiger partial charge in [-0.05, 0) is 18.4 Å². The number of sulfonamides is 1. The minimum Gasteiger partial charge on any atom is -0.481 e. The molecule has 22 heavy (non-hydrogen) atoms. The second-order valence-corrected chi connectivity index (χ2v) is 7.18. The number of nitro groups is 1. The van der Waals surface area contributed by atoms with E-state index in [9.17, 15) is 23.3 Å². The van der Waals surface area contributed by atoms with Crippen molar-refractivity contribution in [2.75, 3.05) is 13.1 Å². The molecule has 1 saturated heterocycles. The summed E-state index contributed by atoms with van der Waals surface area (Å²) in [6.07, 6.45) is 0.981. The van der Waals surface area contributed by atoms with Crippen LogP contribution in [0.1, 0.15) is 18.4 Å². The van der Waals surface area contributed by atoms with Crippen molar-refractivity contribution >= 4 is 21.7 Å². The summed E-state index contributed by atoms with van der Waals surface area (Å²) in [5.74, 6) is -1.97. The minimum absolute atomic E-state index is 0.0232. The van der Waals surface area contributed by atoms with Crippen LogP contribution in [-0.4, -0.2) is 41.8 Å². The van der Waals surface area contributed by atoms with Gasteiger partial charge >= 0.3 is 5.97 Å². The third-order valence-electron chi connectivity index (χ3n) is 3.62. The molecule has 0 amide bonds. The topological polar surface area (TPSA) is 118 Å². The first-order chi connectivity index (χ1) is 10.3. The van der Waals surface area contributed by atoms with Gasteiger partial charge in [-0.2, -0.15) is 0 Å². The molecule has 2 rings (SSSR count). The molecule has 9 heteroatoms. The Bertz CT molecular complexity index is 670. The van der Waals surface area contributed by atoms with E-state index < -0.39 is 26.8 Å². The van der Waals surface area contributed by atoms with Crippen LogP contribution in [0.25, 0.3) is 0 Å². The number of carboxylic acid groups (broad SMARTS) is 1. The fourth-order valence-electron chi connectivity index (χ4n) is 2.41. The molecular weight excluding hydrogens is 312 g/mol. The van der Waals surface area contributed by atoms with E-state index in [1.165, 1.54) is 28.6 Å². The largest absolute Gasteiger partial charge is 0.481 e. The van der Waals surface area contributed by atoms with Crippen molar-refractivity contribution in [2.45, 2.75) is 18.6 Å². The van der Waals surface area contributed by atoms with Gasteiger partial charge in [0.05, 0.1) is 16.6 Å². The van der Waals surface area contributed by atoms with Crippen LogP contribution in [0, 0.1) is 16.0 Å². The average molecular weight is 328 g/mol. The predicted octanol–water partition coefficient (Wildman–Crippen LogP) is 1.22. The SMILES string of the molecule is O=C(O)C1CCCN(S(=O)(=O)Cc2ccc([N+](=O)[O-])cc2)C1. The monoisotopic (exact) mass is 328 g/mol. The van der Waals surface area contributed by atoms with Crippen LogP contribution >= 0.6 is 0 Å². The van der Waals surface area contributed by atoms with Gasteiger partial charge in [-0.25, -0.2) is 12.7 Å². The van der Waals surface area contributed by atoms with Gasteiger partial charge in [-0.3, -0.25) is 14.9 Å². The Labute approximate surface area is 127 Å². The van der Waals surface area contributed by atoms with Gasteiger partial charge in [0, 0.05) is 25.2 Å². The van der Waals surface area contributed by atoms with Crippen LogP contribution in [0.5, 0.6) is 0 Å². The molecule has 0 saturated carbocycles. The van der Waals surface area contributed by atoms with Crippen LogP contribution in [0.15, 0.2) is 24.3 Å². The van der Waals surface area contributed by atoms with Gasteiger partial charge in [0.2, 0.25) is 10.0 Å². The number of carboxylic acids is 1. The Kier molecular flexibility index (Phi) is 4.77. The van der Waals surface area contributed by atoms with Gasteiger partial charge in [0.15, 0.2) is 0 Å². The summed E-state index contributed by atoms with van der Waals surface area (Å²) in [5.41, 5.74) is 0.327. The van der Waals surface area contributed by atoms with Crippen molar-refractivity contribution in [3.63, 3.8) is 0 Å². The van der Waals surface area contributed by atoms with E-state index in [2.05, 4.69) is 0 Å². The van der Waals surface area contributed by atoms with Gasteiger partial charge < -0.3 is 5.11 Å². The normalized spacial score (nSPS) is 19.7. The second kappa shape index (κ2) is 6.41. The van der Waals surface area contributed by atoms with Crippen LogP contribution in [0.4, 0.5) is 5.69 Å². The Hall–Kier alpha value is -2.00. The smallest absolute Gasteiger partial charge is 0.307 e. The molecule has 0 spiro atoms. The standard InChI is InChI=1S/C13H16N2O6S/c16-13(17)11-2-1-7-14(8-11)22(20,21)9-10-3-5-12(6-4-10)15(18)19/h3-6,11H,1-2,7-9H2,(H,16,17). The maximum absolute atomic E-state index is 12.3. The number of piperidine rings is 1. The fraction of sp³-hybridized carbons (Fsp3) is 0.462. The molecule has 1 aromatic rings. The molecule has 0 aliphatic carbocycles. The molecule has 1 atom stereocenters. The van der Waals surface area contributed by atoms with Crippen molar-refractivity contribution in [3.05, 3.63) is 39.9 Å². The molecule has 1 unspecified atom stereocenters. The molecule has 120 valence electrons. The lowest BCUT2D eigenvalue weighted by Crippen LogP contribution is -2.42. The fourth-order valence-corrected chi connectivity index (χ4v) is 4.02. The van der Waals surface area contributed by atoms with Crippen molar-refractivity contribution in [2.24, 2.45) is 5.92 Å². The number of hydrogen-bond donors (Lipinski definition) is 1. The highest BCUT2D eigenvalue weighted by Crippen LogP contribution is 2.22. The summed E-state index contributed by atoms with van der Waals surface area (Å²) in [7, 11) is -3.64. The maximum Gasteiger partial charge on any atom is 0.307 e. The lowest BCUT2D eigenvalue weighted by atomic mass is 10.0. The van der Waals surface area contributed by atoms with Crippen LogP contribution in [0.2, 0.25) is 0 Å². The lowest BCUT2D eigenvalue weighted by molar-refractivity contribution is -0.384. The number of nitrogens with zero attached hydrogens (tertiary/aromatic N) is 2. The van der Waals surface area contributed by atoms with Crippen molar-refractivity contribution < 1.29 is 23.2 Å². The summed E-state index contributed by atoms with van der Waals surface area (Å²) in [6, 6.07) is 5.30. The van der Waals surface area contributed by atoms with Crippen molar-refractivity contribution in [1.82, 2.24) is 4.31 Å². The summed E-state index contributed by atoms with van der Waals surface area (Å²) < 4.78 is 25.9. The van der Waals surface area contributed by atoms with E-state index in [1.54, 1.807) is 0 Å². The van der Waals surface area contributed by atoms with Gasteiger partial charge in [0.1, 0.15) is 0 Å². The Morgan fingerprint density at radius 1 is 1.36 bits per heavy atom. The van der Waals surface area contributed by atoms with E-state index in [0.717, 1.165) is 0 Å². The first kappa shape index (κ1) is 16.4. The first-order valence-corrected chi connectivity index (χ1v) is 8.34. The molecule has 0 aromatic heterocycles. The molecule has 1 aliphatic heterocycles. The number of nitro benzene ring substituents is 1. The zero-order valence-electron chi connectivity index (χ0n) is 11.7. The van der Waals surface area contributed by atoms with Crippen LogP contribution < -0.4 is 0 Å². The third-order valence-corrected chi connectivity index (χ3v) is 5.44. The summed E-state index contributed by atoms with van der Waals surface area (Å²) in [4.78, 5) is 21.0. The number of carbonyl (C=O) groups is 1. The molecular formula is C13H16N2O6S. The minimum atomic E-state index is -3.64. The Morgan fingerprint density at radius 3 is 2.55 bits per heavy atom. The predicted molar refractivity (Wildman–Crippen MR) is 77.7 cm³/mol.